The molecule has 6 heteroatoms. The lowest BCUT2D eigenvalue weighted by Crippen LogP contribution is -2.40. The molecule has 1 fully saturated rings. The molecule has 0 radical (unpaired) electrons. The van der Waals surface area contributed by atoms with E-state index in [-0.39, 0.29) is 23.8 Å². The number of anilines is 1. The molecule has 1 aliphatic rings. The molecular weight excluding hydrogens is 299 g/mol. The first-order valence-electron chi connectivity index (χ1n) is 8.13. The maximum atomic E-state index is 13.8. The number of hydrogen-bond donors (Lipinski definition) is 2. The number of rotatable bonds is 5. The normalized spacial score (nSPS) is 20.9. The van der Waals surface area contributed by atoms with Crippen molar-refractivity contribution in [3.05, 3.63) is 24.0 Å². The minimum absolute atomic E-state index is 0.108. The summed E-state index contributed by atoms with van der Waals surface area (Å²) in [7, 11) is 1.68. The molecule has 0 heterocycles. The van der Waals surface area contributed by atoms with Gasteiger partial charge in [-0.25, -0.2) is 9.18 Å². The molecule has 0 spiro atoms. The summed E-state index contributed by atoms with van der Waals surface area (Å²) in [4.78, 5) is 13.7. The fourth-order valence-corrected chi connectivity index (χ4v) is 2.91. The molecule has 1 aliphatic carbocycles. The summed E-state index contributed by atoms with van der Waals surface area (Å²) < 4.78 is 18.9. The third-order valence-corrected chi connectivity index (χ3v) is 4.21. The Morgan fingerprint density at radius 1 is 1.43 bits per heavy atom. The standard InChI is InChI=1S/C17H25FN2O3/c1-3-23-16-9-8-13(10-14(16)18)19-17(22)20(2)11-12-6-4-5-7-15(12)21/h8-10,12,15,21H,3-7,11H2,1-2H3,(H,19,22). The van der Waals surface area contributed by atoms with E-state index in [4.69, 9.17) is 4.74 Å². The van der Waals surface area contributed by atoms with Gasteiger partial charge in [-0.15, -0.1) is 0 Å². The lowest BCUT2D eigenvalue weighted by atomic mass is 9.86. The van der Waals surface area contributed by atoms with E-state index in [9.17, 15) is 14.3 Å². The van der Waals surface area contributed by atoms with Crippen molar-refractivity contribution in [2.75, 3.05) is 25.5 Å². The predicted molar refractivity (Wildman–Crippen MR) is 87.2 cm³/mol. The Bertz CT molecular complexity index is 539. The quantitative estimate of drug-likeness (QED) is 0.874. The first-order valence-corrected chi connectivity index (χ1v) is 8.13. The van der Waals surface area contributed by atoms with Crippen molar-refractivity contribution in [3.8, 4) is 5.75 Å². The minimum atomic E-state index is -0.505. The number of carbonyl (C=O) groups excluding carboxylic acids is 1. The lowest BCUT2D eigenvalue weighted by molar-refractivity contribution is 0.0575. The van der Waals surface area contributed by atoms with Crippen molar-refractivity contribution < 1.29 is 19.0 Å². The number of aliphatic hydroxyl groups excluding tert-OH is 1. The van der Waals surface area contributed by atoms with Gasteiger partial charge in [0.2, 0.25) is 0 Å². The average Bonchev–Trinajstić information content (AvgIpc) is 2.52. The number of hydrogen-bond acceptors (Lipinski definition) is 3. The SMILES string of the molecule is CCOc1ccc(NC(=O)N(C)CC2CCCCC2O)cc1F. The Hall–Kier alpha value is -1.82. The summed E-state index contributed by atoms with van der Waals surface area (Å²) in [6.07, 6.45) is 3.50. The van der Waals surface area contributed by atoms with E-state index in [1.807, 2.05) is 0 Å². The van der Waals surface area contributed by atoms with Gasteiger partial charge in [0, 0.05) is 31.3 Å². The Labute approximate surface area is 136 Å². The highest BCUT2D eigenvalue weighted by molar-refractivity contribution is 5.89. The van der Waals surface area contributed by atoms with Crippen LogP contribution < -0.4 is 10.1 Å². The molecule has 1 aromatic rings. The van der Waals surface area contributed by atoms with Crippen LogP contribution in [0.15, 0.2) is 18.2 Å². The van der Waals surface area contributed by atoms with Crippen LogP contribution in [0.1, 0.15) is 32.6 Å². The van der Waals surface area contributed by atoms with Crippen LogP contribution in [-0.2, 0) is 0 Å². The molecule has 1 saturated carbocycles. The summed E-state index contributed by atoms with van der Waals surface area (Å²) >= 11 is 0. The molecule has 2 amide bonds. The van der Waals surface area contributed by atoms with Crippen LogP contribution in [0.5, 0.6) is 5.75 Å². The van der Waals surface area contributed by atoms with Crippen LogP contribution in [0.3, 0.4) is 0 Å². The van der Waals surface area contributed by atoms with Crippen LogP contribution in [-0.4, -0.2) is 42.3 Å². The van der Waals surface area contributed by atoms with Gasteiger partial charge in [0.25, 0.3) is 0 Å². The summed E-state index contributed by atoms with van der Waals surface area (Å²) in [6, 6.07) is 4.03. The molecular formula is C17H25FN2O3. The smallest absolute Gasteiger partial charge is 0.321 e. The third-order valence-electron chi connectivity index (χ3n) is 4.21. The minimum Gasteiger partial charge on any atom is -0.491 e. The van der Waals surface area contributed by atoms with Gasteiger partial charge in [-0.05, 0) is 31.9 Å². The number of ether oxygens (including phenoxy) is 1. The first kappa shape index (κ1) is 17.5. The third kappa shape index (κ3) is 4.82. The molecule has 5 nitrogen and oxygen atoms in total. The molecule has 0 bridgehead atoms. The van der Waals surface area contributed by atoms with E-state index in [0.29, 0.717) is 18.8 Å². The second-order valence-electron chi connectivity index (χ2n) is 6.00. The fraction of sp³-hybridized carbons (Fsp3) is 0.588. The Morgan fingerprint density at radius 2 is 2.17 bits per heavy atom. The van der Waals surface area contributed by atoms with Crippen LogP contribution in [0.25, 0.3) is 0 Å². The van der Waals surface area contributed by atoms with Gasteiger partial charge in [-0.3, -0.25) is 0 Å². The molecule has 0 aliphatic heterocycles. The van der Waals surface area contributed by atoms with Crippen molar-refractivity contribution >= 4 is 11.7 Å². The molecule has 2 rings (SSSR count). The van der Waals surface area contributed by atoms with Gasteiger partial charge in [0.05, 0.1) is 12.7 Å². The van der Waals surface area contributed by atoms with E-state index in [2.05, 4.69) is 5.32 Å². The van der Waals surface area contributed by atoms with Crippen LogP contribution in [0.4, 0.5) is 14.9 Å². The first-order chi connectivity index (χ1) is 11.0. The number of amides is 2. The number of nitrogens with zero attached hydrogens (tertiary/aromatic N) is 1. The highest BCUT2D eigenvalue weighted by Crippen LogP contribution is 2.25. The van der Waals surface area contributed by atoms with Crippen LogP contribution in [0.2, 0.25) is 0 Å². The highest BCUT2D eigenvalue weighted by Gasteiger charge is 2.25. The van der Waals surface area contributed by atoms with Gasteiger partial charge in [0.1, 0.15) is 0 Å². The van der Waals surface area contributed by atoms with E-state index < -0.39 is 5.82 Å². The number of halogens is 1. The van der Waals surface area contributed by atoms with Gasteiger partial charge >= 0.3 is 6.03 Å². The van der Waals surface area contributed by atoms with Gasteiger partial charge in [-0.2, -0.15) is 0 Å². The van der Waals surface area contributed by atoms with Crippen molar-refractivity contribution in [2.24, 2.45) is 5.92 Å². The maximum Gasteiger partial charge on any atom is 0.321 e. The van der Waals surface area contributed by atoms with Crippen LogP contribution >= 0.6 is 0 Å². The lowest BCUT2D eigenvalue weighted by Gasteiger charge is -2.31. The van der Waals surface area contributed by atoms with Crippen molar-refractivity contribution in [3.63, 3.8) is 0 Å². The Kier molecular flexibility index (Phi) is 6.21. The largest absolute Gasteiger partial charge is 0.491 e. The van der Waals surface area contributed by atoms with Gasteiger partial charge < -0.3 is 20.1 Å². The molecule has 2 N–H and O–H groups in total. The number of nitrogens with one attached hydrogen (secondary N) is 1. The van der Waals surface area contributed by atoms with Crippen molar-refractivity contribution in [1.82, 2.24) is 4.90 Å². The summed E-state index contributed by atoms with van der Waals surface area (Å²) in [5, 5.41) is 12.7. The molecule has 1 aromatic carbocycles. The van der Waals surface area contributed by atoms with Crippen molar-refractivity contribution in [2.45, 2.75) is 38.7 Å². The van der Waals surface area contributed by atoms with E-state index in [0.717, 1.165) is 25.7 Å². The molecule has 0 aromatic heterocycles. The number of benzene rings is 1. The van der Waals surface area contributed by atoms with Gasteiger partial charge in [0.15, 0.2) is 11.6 Å². The second-order valence-corrected chi connectivity index (χ2v) is 6.00. The summed E-state index contributed by atoms with van der Waals surface area (Å²) in [5.74, 6) is -0.226. The van der Waals surface area contributed by atoms with Crippen molar-refractivity contribution in [1.29, 1.82) is 0 Å². The fourth-order valence-electron chi connectivity index (χ4n) is 2.91. The number of urea groups is 1. The van der Waals surface area contributed by atoms with E-state index >= 15 is 0 Å². The molecule has 2 unspecified atom stereocenters. The van der Waals surface area contributed by atoms with E-state index in [1.165, 1.54) is 17.0 Å². The summed E-state index contributed by atoms with van der Waals surface area (Å²) in [5.41, 5.74) is 0.381. The Morgan fingerprint density at radius 3 is 2.83 bits per heavy atom. The zero-order valence-electron chi connectivity index (χ0n) is 13.7. The van der Waals surface area contributed by atoms with Gasteiger partial charge in [-0.1, -0.05) is 12.8 Å². The van der Waals surface area contributed by atoms with E-state index in [1.54, 1.807) is 20.0 Å². The predicted octanol–water partition coefficient (Wildman–Crippen LogP) is 3.24. The topological polar surface area (TPSA) is 61.8 Å². The summed E-state index contributed by atoms with van der Waals surface area (Å²) in [6.45, 7) is 2.66. The molecule has 2 atom stereocenters. The zero-order valence-corrected chi connectivity index (χ0v) is 13.7. The number of carbonyl (C=O) groups is 1. The highest BCUT2D eigenvalue weighted by atomic mass is 19.1. The second kappa shape index (κ2) is 8.15. The monoisotopic (exact) mass is 324 g/mol. The zero-order chi connectivity index (χ0) is 16.8. The molecule has 23 heavy (non-hydrogen) atoms. The van der Waals surface area contributed by atoms with Crippen LogP contribution in [0, 0.1) is 11.7 Å². The Balaban J connectivity index is 1.91. The maximum absolute atomic E-state index is 13.8. The average molecular weight is 324 g/mol. The molecule has 0 saturated heterocycles. The molecule has 128 valence electrons. The number of aliphatic hydroxyl groups is 1.